The zero-order valence-electron chi connectivity index (χ0n) is 24.7. The molecule has 4 nitrogen and oxygen atoms in total. The van der Waals surface area contributed by atoms with E-state index in [1.165, 1.54) is 11.1 Å². The lowest BCUT2D eigenvalue weighted by Gasteiger charge is -2.10. The third-order valence-corrected chi connectivity index (χ3v) is 10.1. The van der Waals surface area contributed by atoms with Gasteiger partial charge < -0.3 is 9.13 Å². The van der Waals surface area contributed by atoms with Gasteiger partial charge in [-0.2, -0.15) is 0 Å². The Morgan fingerprint density at radius 3 is 1.47 bits per heavy atom. The molecule has 7 heteroatoms. The number of hydrogen-bond donors (Lipinski definition) is 0. The van der Waals surface area contributed by atoms with Gasteiger partial charge in [0, 0.05) is 39.8 Å². The Morgan fingerprint density at radius 1 is 0.511 bits per heavy atom. The number of nitrogens with zero attached hydrogens (tertiary/aromatic N) is 2. The Bertz CT molecular complexity index is 1900. The molecule has 226 valence electrons. The summed E-state index contributed by atoms with van der Waals surface area (Å²) in [6.45, 7) is 1.20. The van der Waals surface area contributed by atoms with E-state index < -0.39 is 0 Å². The summed E-state index contributed by atoms with van der Waals surface area (Å²) in [6.07, 6.45) is 3.75. The molecule has 6 aromatic rings. The minimum absolute atomic E-state index is 0.00640. The minimum atomic E-state index is 0.00640. The number of thioether (sulfide) groups is 2. The predicted octanol–water partition coefficient (Wildman–Crippen LogP) is 9.14. The summed E-state index contributed by atoms with van der Waals surface area (Å²) in [4.78, 5) is 26.7. The Labute approximate surface area is 280 Å². The molecule has 45 heavy (non-hydrogen) atoms. The first-order valence-corrected chi connectivity index (χ1v) is 17.3. The Balaban J connectivity index is 0.000000178. The third kappa shape index (κ3) is 9.98. The number of aromatic nitrogens is 2. The van der Waals surface area contributed by atoms with Crippen LogP contribution in [0.15, 0.2) is 176 Å². The van der Waals surface area contributed by atoms with Crippen LogP contribution in [0, 0.1) is 0 Å². The molecule has 0 aliphatic carbocycles. The average molecular weight is 694 g/mol. The molecule has 0 N–H and O–H groups in total. The second kappa shape index (κ2) is 16.9. The van der Waals surface area contributed by atoms with Crippen molar-refractivity contribution in [1.82, 2.24) is 9.13 Å². The van der Waals surface area contributed by atoms with Crippen molar-refractivity contribution in [3.05, 3.63) is 199 Å². The highest BCUT2D eigenvalue weighted by Gasteiger charge is 2.09. The summed E-state index contributed by atoms with van der Waals surface area (Å²) in [6, 6.07) is 46.3. The monoisotopic (exact) mass is 692 g/mol. The van der Waals surface area contributed by atoms with Crippen LogP contribution in [0.1, 0.15) is 22.3 Å². The Morgan fingerprint density at radius 2 is 0.956 bits per heavy atom. The van der Waals surface area contributed by atoms with Gasteiger partial charge in [0.25, 0.3) is 11.1 Å². The molecule has 2 heterocycles. The zero-order valence-corrected chi connectivity index (χ0v) is 27.9. The summed E-state index contributed by atoms with van der Waals surface area (Å²) < 4.78 is 4.10. The SMILES string of the molecule is O=c1c(Br)c(SCc2ccccc2)ccn1Cc1ccccc1.O=c1cc(SCc2ccccc2)ccn1Cc1ccccc1. The lowest BCUT2D eigenvalue weighted by molar-refractivity contribution is 0.747. The van der Waals surface area contributed by atoms with Crippen molar-refractivity contribution in [2.75, 3.05) is 0 Å². The van der Waals surface area contributed by atoms with Crippen LogP contribution in [0.5, 0.6) is 0 Å². The quantitative estimate of drug-likeness (QED) is 0.134. The molecule has 2 aromatic heterocycles. The standard InChI is InChI=1S/C19H16BrNOS.C19H17NOS/c20-18-17(23-14-16-9-5-2-6-10-16)11-12-21(19(18)22)13-15-7-3-1-4-8-15;21-19-13-18(22-15-17-9-5-2-6-10-17)11-12-20(19)14-16-7-3-1-4-8-16/h1-12H,13-14H2;1-13H,14-15H2. The lowest BCUT2D eigenvalue weighted by Crippen LogP contribution is -2.21. The fourth-order valence-corrected chi connectivity index (χ4v) is 6.97. The van der Waals surface area contributed by atoms with E-state index >= 15 is 0 Å². The molecular formula is C38H33BrN2O2S2. The normalized spacial score (nSPS) is 10.6. The van der Waals surface area contributed by atoms with Gasteiger partial charge in [-0.05, 0) is 50.3 Å². The van der Waals surface area contributed by atoms with Crippen molar-refractivity contribution >= 4 is 39.5 Å². The molecule has 0 aliphatic heterocycles. The first-order chi connectivity index (χ1) is 22.0. The van der Waals surface area contributed by atoms with Crippen molar-refractivity contribution in [1.29, 1.82) is 0 Å². The molecular weight excluding hydrogens is 660 g/mol. The molecule has 0 amide bonds. The smallest absolute Gasteiger partial charge is 0.266 e. The third-order valence-electron chi connectivity index (χ3n) is 6.92. The molecule has 0 bridgehead atoms. The maximum absolute atomic E-state index is 12.5. The highest BCUT2D eigenvalue weighted by Crippen LogP contribution is 2.27. The Kier molecular flexibility index (Phi) is 12.1. The van der Waals surface area contributed by atoms with Gasteiger partial charge in [0.1, 0.15) is 0 Å². The molecule has 0 aliphatic rings. The van der Waals surface area contributed by atoms with Crippen LogP contribution in [0.4, 0.5) is 0 Å². The maximum Gasteiger partial charge on any atom is 0.266 e. The largest absolute Gasteiger partial charge is 0.311 e. The molecule has 0 radical (unpaired) electrons. The molecule has 0 fully saturated rings. The minimum Gasteiger partial charge on any atom is -0.311 e. The first kappa shape index (κ1) is 32.4. The van der Waals surface area contributed by atoms with E-state index in [9.17, 15) is 9.59 Å². The number of pyridine rings is 2. The summed E-state index contributed by atoms with van der Waals surface area (Å²) in [5.41, 5.74) is 4.81. The molecule has 0 atom stereocenters. The fourth-order valence-electron chi connectivity index (χ4n) is 4.51. The highest BCUT2D eigenvalue weighted by atomic mass is 79.9. The van der Waals surface area contributed by atoms with E-state index in [0.717, 1.165) is 32.4 Å². The van der Waals surface area contributed by atoms with Crippen LogP contribution in [0.25, 0.3) is 0 Å². The van der Waals surface area contributed by atoms with E-state index in [1.807, 2.05) is 122 Å². The highest BCUT2D eigenvalue weighted by molar-refractivity contribution is 9.10. The van der Waals surface area contributed by atoms with Gasteiger partial charge in [-0.25, -0.2) is 0 Å². The fraction of sp³-hybridized carbons (Fsp3) is 0.105. The van der Waals surface area contributed by atoms with Crippen molar-refractivity contribution in [2.24, 2.45) is 0 Å². The molecule has 0 saturated carbocycles. The van der Waals surface area contributed by atoms with Gasteiger partial charge in [-0.15, -0.1) is 23.5 Å². The summed E-state index contributed by atoms with van der Waals surface area (Å²) in [5.74, 6) is 1.73. The van der Waals surface area contributed by atoms with Gasteiger partial charge in [0.05, 0.1) is 17.6 Å². The predicted molar refractivity (Wildman–Crippen MR) is 192 cm³/mol. The van der Waals surface area contributed by atoms with E-state index in [2.05, 4.69) is 40.2 Å². The maximum atomic E-state index is 12.5. The van der Waals surface area contributed by atoms with Crippen molar-refractivity contribution < 1.29 is 0 Å². The van der Waals surface area contributed by atoms with Gasteiger partial charge in [0.15, 0.2) is 0 Å². The molecule has 6 rings (SSSR count). The number of halogens is 1. The number of benzene rings is 4. The second-order valence-corrected chi connectivity index (χ2v) is 13.1. The first-order valence-electron chi connectivity index (χ1n) is 14.6. The lowest BCUT2D eigenvalue weighted by atomic mass is 10.2. The van der Waals surface area contributed by atoms with Crippen LogP contribution in [-0.2, 0) is 24.6 Å². The van der Waals surface area contributed by atoms with Crippen molar-refractivity contribution in [3.63, 3.8) is 0 Å². The average Bonchev–Trinajstić information content (AvgIpc) is 3.09. The van der Waals surface area contributed by atoms with Gasteiger partial charge >= 0.3 is 0 Å². The van der Waals surface area contributed by atoms with Crippen molar-refractivity contribution in [3.8, 4) is 0 Å². The number of hydrogen-bond acceptors (Lipinski definition) is 4. The summed E-state index contributed by atoms with van der Waals surface area (Å²) in [7, 11) is 0. The zero-order chi connectivity index (χ0) is 31.3. The van der Waals surface area contributed by atoms with Gasteiger partial charge in [0.2, 0.25) is 0 Å². The van der Waals surface area contributed by atoms with Gasteiger partial charge in [-0.1, -0.05) is 121 Å². The molecule has 4 aromatic carbocycles. The summed E-state index contributed by atoms with van der Waals surface area (Å²) >= 11 is 6.82. The van der Waals surface area contributed by atoms with Crippen LogP contribution in [0.3, 0.4) is 0 Å². The molecule has 0 saturated heterocycles. The summed E-state index contributed by atoms with van der Waals surface area (Å²) in [5, 5.41) is 0. The Hall–Kier alpha value is -4.04. The van der Waals surface area contributed by atoms with E-state index in [-0.39, 0.29) is 11.1 Å². The molecule has 0 spiro atoms. The molecule has 0 unspecified atom stereocenters. The van der Waals surface area contributed by atoms with E-state index in [0.29, 0.717) is 17.6 Å². The van der Waals surface area contributed by atoms with E-state index in [4.69, 9.17) is 0 Å². The number of rotatable bonds is 10. The van der Waals surface area contributed by atoms with Gasteiger partial charge in [-0.3, -0.25) is 9.59 Å². The van der Waals surface area contributed by atoms with E-state index in [1.54, 1.807) is 38.7 Å². The van der Waals surface area contributed by atoms with Crippen LogP contribution < -0.4 is 11.1 Å². The van der Waals surface area contributed by atoms with Crippen LogP contribution in [-0.4, -0.2) is 9.13 Å². The van der Waals surface area contributed by atoms with Crippen LogP contribution in [0.2, 0.25) is 0 Å². The topological polar surface area (TPSA) is 44.0 Å². The van der Waals surface area contributed by atoms with Crippen molar-refractivity contribution in [2.45, 2.75) is 34.4 Å². The van der Waals surface area contributed by atoms with Crippen LogP contribution >= 0.6 is 39.5 Å². The second-order valence-electron chi connectivity index (χ2n) is 10.3.